The van der Waals surface area contributed by atoms with Crippen LogP contribution in [0.1, 0.15) is 22.3 Å². The van der Waals surface area contributed by atoms with Gasteiger partial charge in [0.05, 0.1) is 0 Å². The summed E-state index contributed by atoms with van der Waals surface area (Å²) in [4.78, 5) is 21.0. The van der Waals surface area contributed by atoms with Gasteiger partial charge in [-0.2, -0.15) is 0 Å². The van der Waals surface area contributed by atoms with E-state index in [0.717, 1.165) is 16.3 Å². The minimum atomic E-state index is -0.479. The molecule has 0 aromatic heterocycles. The summed E-state index contributed by atoms with van der Waals surface area (Å²) in [6, 6.07) is 5.11. The summed E-state index contributed by atoms with van der Waals surface area (Å²) in [7, 11) is 0. The van der Waals surface area contributed by atoms with E-state index in [9.17, 15) is 9.59 Å². The molecule has 4 heteroatoms. The number of aryl methyl sites for hydroxylation is 1. The normalized spacial score (nSPS) is 9.86. The van der Waals surface area contributed by atoms with Crippen LogP contribution in [-0.4, -0.2) is 11.5 Å². The van der Waals surface area contributed by atoms with E-state index < -0.39 is 5.24 Å². The van der Waals surface area contributed by atoms with Gasteiger partial charge in [0.25, 0.3) is 5.24 Å². The highest BCUT2D eigenvalue weighted by Gasteiger charge is 2.05. The Labute approximate surface area is 95.4 Å². The van der Waals surface area contributed by atoms with E-state index >= 15 is 0 Å². The Morgan fingerprint density at radius 2 is 2.21 bits per heavy atom. The van der Waals surface area contributed by atoms with Crippen LogP contribution in [0.3, 0.4) is 0 Å². The summed E-state index contributed by atoms with van der Waals surface area (Å²) in [6.07, 6.45) is 2.01. The van der Waals surface area contributed by atoms with Crippen molar-refractivity contribution < 1.29 is 9.59 Å². The molecular formula is C10H8BrClO2. The third kappa shape index (κ3) is 2.93. The lowest BCUT2D eigenvalue weighted by Crippen LogP contribution is -1.93. The maximum Gasteiger partial charge on any atom is 0.252 e. The average molecular weight is 276 g/mol. The fraction of sp³-hybridized carbons (Fsp3) is 0.200. The molecule has 0 spiro atoms. The van der Waals surface area contributed by atoms with Crippen LogP contribution < -0.4 is 0 Å². The van der Waals surface area contributed by atoms with Gasteiger partial charge in [-0.05, 0) is 35.7 Å². The van der Waals surface area contributed by atoms with Crippen LogP contribution in [-0.2, 0) is 11.2 Å². The molecule has 0 aliphatic rings. The Morgan fingerprint density at radius 3 is 2.71 bits per heavy atom. The number of carbonyl (C=O) groups is 2. The molecule has 0 unspecified atom stereocenters. The first-order valence-corrected chi connectivity index (χ1v) is 5.24. The van der Waals surface area contributed by atoms with Crippen LogP contribution in [0.4, 0.5) is 0 Å². The lowest BCUT2D eigenvalue weighted by Gasteiger charge is -2.02. The molecule has 1 aromatic rings. The molecule has 0 fully saturated rings. The van der Waals surface area contributed by atoms with Gasteiger partial charge in [-0.3, -0.25) is 4.79 Å². The second-order valence-electron chi connectivity index (χ2n) is 2.79. The quantitative estimate of drug-likeness (QED) is 0.625. The topological polar surface area (TPSA) is 34.1 Å². The van der Waals surface area contributed by atoms with Gasteiger partial charge in [-0.15, -0.1) is 0 Å². The summed E-state index contributed by atoms with van der Waals surface area (Å²) >= 11 is 8.63. The SMILES string of the molecule is O=CCCc1ccc(C(=O)Cl)cc1Br. The van der Waals surface area contributed by atoms with Gasteiger partial charge < -0.3 is 4.79 Å². The van der Waals surface area contributed by atoms with Gasteiger partial charge >= 0.3 is 0 Å². The molecule has 0 heterocycles. The van der Waals surface area contributed by atoms with Crippen LogP contribution in [0.2, 0.25) is 0 Å². The summed E-state index contributed by atoms with van der Waals surface area (Å²) in [6.45, 7) is 0. The fourth-order valence-electron chi connectivity index (χ4n) is 1.09. The van der Waals surface area contributed by atoms with Crippen LogP contribution in [0, 0.1) is 0 Å². The molecule has 74 valence electrons. The molecule has 0 aliphatic heterocycles. The highest BCUT2D eigenvalue weighted by molar-refractivity contribution is 9.10. The first-order valence-electron chi connectivity index (χ1n) is 4.07. The van der Waals surface area contributed by atoms with Crippen molar-refractivity contribution in [2.75, 3.05) is 0 Å². The predicted molar refractivity (Wildman–Crippen MR) is 58.7 cm³/mol. The second kappa shape index (κ2) is 5.27. The van der Waals surface area contributed by atoms with Gasteiger partial charge in [0.15, 0.2) is 0 Å². The largest absolute Gasteiger partial charge is 0.303 e. The van der Waals surface area contributed by atoms with Crippen molar-refractivity contribution in [3.63, 3.8) is 0 Å². The zero-order valence-corrected chi connectivity index (χ0v) is 9.64. The lowest BCUT2D eigenvalue weighted by molar-refractivity contribution is -0.107. The van der Waals surface area contributed by atoms with Crippen molar-refractivity contribution in [1.82, 2.24) is 0 Å². The number of rotatable bonds is 4. The Balaban J connectivity index is 2.89. The first kappa shape index (κ1) is 11.4. The summed E-state index contributed by atoms with van der Waals surface area (Å²) in [5, 5.41) is -0.479. The molecule has 0 N–H and O–H groups in total. The number of halogens is 2. The lowest BCUT2D eigenvalue weighted by atomic mass is 10.1. The van der Waals surface area contributed by atoms with E-state index in [1.54, 1.807) is 18.2 Å². The Morgan fingerprint density at radius 1 is 1.50 bits per heavy atom. The van der Waals surface area contributed by atoms with Crippen LogP contribution in [0.25, 0.3) is 0 Å². The van der Waals surface area contributed by atoms with Crippen molar-refractivity contribution in [2.24, 2.45) is 0 Å². The molecule has 0 saturated carbocycles. The monoisotopic (exact) mass is 274 g/mol. The zero-order chi connectivity index (χ0) is 10.6. The number of benzene rings is 1. The third-order valence-corrected chi connectivity index (χ3v) is 2.77. The maximum atomic E-state index is 10.8. The summed E-state index contributed by atoms with van der Waals surface area (Å²) in [5.74, 6) is 0. The van der Waals surface area contributed by atoms with Gasteiger partial charge in [-0.25, -0.2) is 0 Å². The number of hydrogen-bond donors (Lipinski definition) is 0. The minimum Gasteiger partial charge on any atom is -0.303 e. The summed E-state index contributed by atoms with van der Waals surface area (Å²) in [5.41, 5.74) is 1.45. The van der Waals surface area contributed by atoms with Crippen LogP contribution in [0.5, 0.6) is 0 Å². The van der Waals surface area contributed by atoms with E-state index in [1.807, 2.05) is 0 Å². The predicted octanol–water partition coefficient (Wildman–Crippen LogP) is 2.96. The van der Waals surface area contributed by atoms with Crippen molar-refractivity contribution in [1.29, 1.82) is 0 Å². The van der Waals surface area contributed by atoms with E-state index in [-0.39, 0.29) is 0 Å². The van der Waals surface area contributed by atoms with E-state index in [0.29, 0.717) is 18.4 Å². The standard InChI is InChI=1S/C10H8BrClO2/c11-9-6-8(10(12)14)4-3-7(9)2-1-5-13/h3-6H,1-2H2. The fourth-order valence-corrected chi connectivity index (χ4v) is 1.78. The third-order valence-electron chi connectivity index (χ3n) is 1.81. The zero-order valence-electron chi connectivity index (χ0n) is 7.30. The molecule has 2 nitrogen and oxygen atoms in total. The average Bonchev–Trinajstić information content (AvgIpc) is 2.15. The molecule has 0 amide bonds. The minimum absolute atomic E-state index is 0.452. The smallest absolute Gasteiger partial charge is 0.252 e. The number of hydrogen-bond acceptors (Lipinski definition) is 2. The van der Waals surface area contributed by atoms with Crippen molar-refractivity contribution in [3.8, 4) is 0 Å². The van der Waals surface area contributed by atoms with Gasteiger partial charge in [0, 0.05) is 16.5 Å². The highest BCUT2D eigenvalue weighted by Crippen LogP contribution is 2.20. The van der Waals surface area contributed by atoms with E-state index in [4.69, 9.17) is 11.6 Å². The highest BCUT2D eigenvalue weighted by atomic mass is 79.9. The second-order valence-corrected chi connectivity index (χ2v) is 3.98. The van der Waals surface area contributed by atoms with Gasteiger partial charge in [0.2, 0.25) is 0 Å². The summed E-state index contributed by atoms with van der Waals surface area (Å²) < 4.78 is 0.811. The Bertz CT molecular complexity index is 363. The van der Waals surface area contributed by atoms with Crippen molar-refractivity contribution >= 4 is 39.1 Å². The number of aldehydes is 1. The molecule has 0 bridgehead atoms. The molecule has 0 aliphatic carbocycles. The Kier molecular flexibility index (Phi) is 4.29. The molecular weight excluding hydrogens is 267 g/mol. The van der Waals surface area contributed by atoms with E-state index in [1.165, 1.54) is 0 Å². The number of carbonyl (C=O) groups excluding carboxylic acids is 2. The van der Waals surface area contributed by atoms with E-state index in [2.05, 4.69) is 15.9 Å². The van der Waals surface area contributed by atoms with Crippen molar-refractivity contribution in [3.05, 3.63) is 33.8 Å². The first-order chi connectivity index (χ1) is 6.65. The molecule has 1 rings (SSSR count). The molecule has 0 saturated heterocycles. The van der Waals surface area contributed by atoms with Crippen LogP contribution >= 0.6 is 27.5 Å². The molecule has 1 aromatic carbocycles. The molecule has 0 radical (unpaired) electrons. The van der Waals surface area contributed by atoms with Gasteiger partial charge in [0.1, 0.15) is 6.29 Å². The maximum absolute atomic E-state index is 10.8. The van der Waals surface area contributed by atoms with Crippen molar-refractivity contribution in [2.45, 2.75) is 12.8 Å². The molecule has 0 atom stereocenters. The van der Waals surface area contributed by atoms with Gasteiger partial charge in [-0.1, -0.05) is 22.0 Å². The van der Waals surface area contributed by atoms with Crippen LogP contribution in [0.15, 0.2) is 22.7 Å². The Hall–Kier alpha value is -0.670. The molecule has 14 heavy (non-hydrogen) atoms.